The molecule has 0 aliphatic carbocycles. The minimum absolute atomic E-state index is 0.101. The molecule has 2 heterocycles. The second-order valence-corrected chi connectivity index (χ2v) is 8.14. The van der Waals surface area contributed by atoms with Crippen molar-refractivity contribution in [2.75, 3.05) is 13.1 Å². The van der Waals surface area contributed by atoms with Crippen LogP contribution in [0.1, 0.15) is 28.8 Å². The van der Waals surface area contributed by atoms with E-state index in [4.69, 9.17) is 23.2 Å². The summed E-state index contributed by atoms with van der Waals surface area (Å²) >= 11 is 12.3. The molecule has 5 nitrogen and oxygen atoms in total. The average Bonchev–Trinajstić information content (AvgIpc) is 2.73. The van der Waals surface area contributed by atoms with Crippen LogP contribution in [0.5, 0.6) is 5.75 Å². The SMILES string of the molecule is O=C(NC1CCN(Cc2cc(Cl)c3cccnc3c2O)CC1)c1cccc(Cl)c1. The molecule has 0 saturated carbocycles. The molecule has 2 N–H and O–H groups in total. The summed E-state index contributed by atoms with van der Waals surface area (Å²) in [6.07, 6.45) is 3.33. The molecular weight excluding hydrogens is 409 g/mol. The molecule has 0 atom stereocenters. The maximum atomic E-state index is 12.4. The van der Waals surface area contributed by atoms with E-state index in [2.05, 4.69) is 15.2 Å². The van der Waals surface area contributed by atoms with Gasteiger partial charge in [0, 0.05) is 53.4 Å². The van der Waals surface area contributed by atoms with E-state index in [-0.39, 0.29) is 17.7 Å². The van der Waals surface area contributed by atoms with Gasteiger partial charge in [-0.25, -0.2) is 0 Å². The lowest BCUT2D eigenvalue weighted by Crippen LogP contribution is -2.44. The number of phenols is 1. The standard InChI is InChI=1S/C22H21Cl2N3O2/c23-16-4-1-3-14(11-16)22(29)26-17-6-9-27(10-7-17)13-15-12-19(24)18-5-2-8-25-20(18)21(15)28/h1-5,8,11-12,17,28H,6-7,9-10,13H2,(H,26,29). The number of nitrogens with one attached hydrogen (secondary N) is 1. The molecule has 1 aliphatic rings. The Morgan fingerprint density at radius 1 is 1.17 bits per heavy atom. The van der Waals surface area contributed by atoms with Crippen LogP contribution in [0.2, 0.25) is 10.0 Å². The van der Waals surface area contributed by atoms with Gasteiger partial charge < -0.3 is 10.4 Å². The molecule has 4 rings (SSSR count). The molecule has 1 amide bonds. The van der Waals surface area contributed by atoms with Crippen molar-refractivity contribution in [2.24, 2.45) is 0 Å². The highest BCUT2D eigenvalue weighted by Crippen LogP contribution is 2.33. The topological polar surface area (TPSA) is 65.5 Å². The second-order valence-electron chi connectivity index (χ2n) is 7.30. The Morgan fingerprint density at radius 3 is 2.72 bits per heavy atom. The van der Waals surface area contributed by atoms with Gasteiger partial charge >= 0.3 is 0 Å². The van der Waals surface area contributed by atoms with Crippen molar-refractivity contribution in [3.8, 4) is 5.75 Å². The van der Waals surface area contributed by atoms with Gasteiger partial charge in [-0.15, -0.1) is 0 Å². The van der Waals surface area contributed by atoms with Gasteiger partial charge in [0.05, 0.1) is 5.02 Å². The molecule has 7 heteroatoms. The number of rotatable bonds is 4. The third-order valence-corrected chi connectivity index (χ3v) is 5.85. The van der Waals surface area contributed by atoms with Crippen molar-refractivity contribution >= 4 is 40.0 Å². The summed E-state index contributed by atoms with van der Waals surface area (Å²) < 4.78 is 0. The molecule has 150 valence electrons. The maximum absolute atomic E-state index is 12.4. The second kappa shape index (κ2) is 8.57. The van der Waals surface area contributed by atoms with E-state index in [1.54, 1.807) is 36.5 Å². The lowest BCUT2D eigenvalue weighted by Gasteiger charge is -2.32. The predicted octanol–water partition coefficient (Wildman–Crippen LogP) is 4.64. The zero-order chi connectivity index (χ0) is 20.4. The van der Waals surface area contributed by atoms with E-state index in [1.807, 2.05) is 12.1 Å². The fourth-order valence-electron chi connectivity index (χ4n) is 3.73. The van der Waals surface area contributed by atoms with Crippen LogP contribution in [-0.2, 0) is 6.54 Å². The number of piperidine rings is 1. The minimum atomic E-state index is -0.101. The van der Waals surface area contributed by atoms with Crippen molar-refractivity contribution in [3.05, 3.63) is 69.8 Å². The van der Waals surface area contributed by atoms with Crippen LogP contribution in [-0.4, -0.2) is 40.0 Å². The van der Waals surface area contributed by atoms with Crippen LogP contribution in [0.3, 0.4) is 0 Å². The zero-order valence-corrected chi connectivity index (χ0v) is 17.2. The van der Waals surface area contributed by atoms with E-state index in [9.17, 15) is 9.90 Å². The van der Waals surface area contributed by atoms with Crippen LogP contribution < -0.4 is 5.32 Å². The first-order valence-electron chi connectivity index (χ1n) is 9.55. The first-order chi connectivity index (χ1) is 14.0. The maximum Gasteiger partial charge on any atom is 0.251 e. The summed E-state index contributed by atoms with van der Waals surface area (Å²) in [6.45, 7) is 2.22. The molecule has 0 unspecified atom stereocenters. The number of fused-ring (bicyclic) bond motifs is 1. The molecule has 0 spiro atoms. The van der Waals surface area contributed by atoms with Gasteiger partial charge in [-0.2, -0.15) is 0 Å². The lowest BCUT2D eigenvalue weighted by molar-refractivity contribution is 0.0909. The summed E-state index contributed by atoms with van der Waals surface area (Å²) in [5.41, 5.74) is 1.87. The molecule has 29 heavy (non-hydrogen) atoms. The largest absolute Gasteiger partial charge is 0.505 e. The van der Waals surface area contributed by atoms with E-state index < -0.39 is 0 Å². The Labute approximate surface area is 179 Å². The highest BCUT2D eigenvalue weighted by molar-refractivity contribution is 6.35. The highest BCUT2D eigenvalue weighted by Gasteiger charge is 2.23. The molecule has 1 aliphatic heterocycles. The van der Waals surface area contributed by atoms with Gasteiger partial charge in [0.15, 0.2) is 0 Å². The number of aromatic hydroxyl groups is 1. The van der Waals surface area contributed by atoms with Gasteiger partial charge in [0.2, 0.25) is 0 Å². The third kappa shape index (κ3) is 4.47. The van der Waals surface area contributed by atoms with Crippen molar-refractivity contribution in [2.45, 2.75) is 25.4 Å². The first-order valence-corrected chi connectivity index (χ1v) is 10.3. The number of likely N-dealkylation sites (tertiary alicyclic amines) is 1. The number of hydrogen-bond donors (Lipinski definition) is 2. The summed E-state index contributed by atoms with van der Waals surface area (Å²) in [4.78, 5) is 18.9. The number of pyridine rings is 1. The summed E-state index contributed by atoms with van der Waals surface area (Å²) in [7, 11) is 0. The predicted molar refractivity (Wildman–Crippen MR) is 116 cm³/mol. The van der Waals surface area contributed by atoms with Crippen LogP contribution in [0.4, 0.5) is 0 Å². The van der Waals surface area contributed by atoms with Crippen molar-refractivity contribution < 1.29 is 9.90 Å². The first kappa shape index (κ1) is 20.0. The quantitative estimate of drug-likeness (QED) is 0.633. The Hall–Kier alpha value is -2.34. The molecule has 2 aromatic carbocycles. The minimum Gasteiger partial charge on any atom is -0.505 e. The number of benzene rings is 2. The fraction of sp³-hybridized carbons (Fsp3) is 0.273. The number of phenolic OH excluding ortho intramolecular Hbond substituents is 1. The number of carbonyl (C=O) groups is 1. The van der Waals surface area contributed by atoms with Gasteiger partial charge in [-0.05, 0) is 49.2 Å². The van der Waals surface area contributed by atoms with Crippen LogP contribution in [0.25, 0.3) is 10.9 Å². The number of hydrogen-bond acceptors (Lipinski definition) is 4. The molecule has 0 bridgehead atoms. The summed E-state index contributed by atoms with van der Waals surface area (Å²) in [5, 5.41) is 15.6. The van der Waals surface area contributed by atoms with Gasteiger partial charge in [-0.1, -0.05) is 29.3 Å². The van der Waals surface area contributed by atoms with E-state index in [0.29, 0.717) is 27.7 Å². The monoisotopic (exact) mass is 429 g/mol. The third-order valence-electron chi connectivity index (χ3n) is 5.30. The Kier molecular flexibility index (Phi) is 5.90. The lowest BCUT2D eigenvalue weighted by atomic mass is 10.0. The number of carbonyl (C=O) groups excluding carboxylic acids is 1. The molecule has 1 saturated heterocycles. The van der Waals surface area contributed by atoms with Crippen LogP contribution in [0, 0.1) is 0 Å². The van der Waals surface area contributed by atoms with Crippen molar-refractivity contribution in [3.63, 3.8) is 0 Å². The Morgan fingerprint density at radius 2 is 1.97 bits per heavy atom. The zero-order valence-electron chi connectivity index (χ0n) is 15.7. The number of nitrogens with zero attached hydrogens (tertiary/aromatic N) is 2. The van der Waals surface area contributed by atoms with E-state index in [0.717, 1.165) is 36.9 Å². The molecule has 3 aromatic rings. The van der Waals surface area contributed by atoms with Gasteiger partial charge in [0.25, 0.3) is 5.91 Å². The summed E-state index contributed by atoms with van der Waals surface area (Å²) in [6, 6.07) is 12.5. The smallest absolute Gasteiger partial charge is 0.251 e. The molecule has 1 aromatic heterocycles. The summed E-state index contributed by atoms with van der Waals surface area (Å²) in [5.74, 6) is 0.0809. The highest BCUT2D eigenvalue weighted by atomic mass is 35.5. The van der Waals surface area contributed by atoms with Gasteiger partial charge in [-0.3, -0.25) is 14.7 Å². The normalized spacial score (nSPS) is 15.5. The molecule has 1 fully saturated rings. The fourth-order valence-corrected chi connectivity index (χ4v) is 4.21. The number of aromatic nitrogens is 1. The Bertz CT molecular complexity index is 1050. The average molecular weight is 430 g/mol. The van der Waals surface area contributed by atoms with Crippen molar-refractivity contribution in [1.29, 1.82) is 0 Å². The van der Waals surface area contributed by atoms with Crippen LogP contribution >= 0.6 is 23.2 Å². The van der Waals surface area contributed by atoms with Gasteiger partial charge in [0.1, 0.15) is 11.3 Å². The molecular formula is C22H21Cl2N3O2. The van der Waals surface area contributed by atoms with E-state index in [1.165, 1.54) is 0 Å². The molecule has 0 radical (unpaired) electrons. The number of halogens is 2. The Balaban J connectivity index is 1.37. The van der Waals surface area contributed by atoms with Crippen LogP contribution in [0.15, 0.2) is 48.7 Å². The number of amides is 1. The van der Waals surface area contributed by atoms with E-state index >= 15 is 0 Å². The van der Waals surface area contributed by atoms with Crippen molar-refractivity contribution in [1.82, 2.24) is 15.2 Å².